The van der Waals surface area contributed by atoms with Crippen LogP contribution < -0.4 is 27.4 Å². The van der Waals surface area contributed by atoms with Gasteiger partial charge in [-0.25, -0.2) is 4.98 Å². The second-order valence-corrected chi connectivity index (χ2v) is 7.34. The molecule has 0 spiro atoms. The number of aromatic amines is 1. The number of hydrogen-bond donors (Lipinski definition) is 8. The van der Waals surface area contributed by atoms with Crippen LogP contribution in [0.25, 0.3) is 0 Å². The lowest BCUT2D eigenvalue weighted by molar-refractivity contribution is -0.140. The van der Waals surface area contributed by atoms with E-state index in [1.807, 2.05) is 0 Å². The van der Waals surface area contributed by atoms with Crippen molar-refractivity contribution in [2.45, 2.75) is 56.7 Å². The van der Waals surface area contributed by atoms with Crippen molar-refractivity contribution >= 4 is 29.7 Å². The van der Waals surface area contributed by atoms with Crippen LogP contribution in [-0.4, -0.2) is 81.1 Å². The van der Waals surface area contributed by atoms with Crippen molar-refractivity contribution in [3.63, 3.8) is 0 Å². The van der Waals surface area contributed by atoms with Gasteiger partial charge in [0, 0.05) is 24.7 Å². The SMILES string of the molecule is NCCCCC(NC(=O)C(N)Cc1cnc[nH]1)C(=O)NC(CCC(=O)O)C(=O)NCC(=O)O. The lowest BCUT2D eigenvalue weighted by Gasteiger charge is -2.24. The second kappa shape index (κ2) is 14.5. The number of aromatic nitrogens is 2. The molecule has 14 nitrogen and oxygen atoms in total. The normalized spacial score (nSPS) is 13.4. The Morgan fingerprint density at radius 3 is 2.21 bits per heavy atom. The van der Waals surface area contributed by atoms with E-state index in [4.69, 9.17) is 21.7 Å². The van der Waals surface area contributed by atoms with Gasteiger partial charge in [-0.15, -0.1) is 0 Å². The third kappa shape index (κ3) is 11.1. The van der Waals surface area contributed by atoms with Gasteiger partial charge in [-0.05, 0) is 32.2 Å². The van der Waals surface area contributed by atoms with Crippen molar-refractivity contribution in [1.82, 2.24) is 25.9 Å². The van der Waals surface area contributed by atoms with E-state index in [1.165, 1.54) is 12.5 Å². The predicted octanol–water partition coefficient (Wildman–Crippen LogP) is -2.56. The summed E-state index contributed by atoms with van der Waals surface area (Å²) in [5, 5.41) is 24.7. The van der Waals surface area contributed by atoms with Gasteiger partial charge in [-0.2, -0.15) is 0 Å². The molecule has 3 unspecified atom stereocenters. The van der Waals surface area contributed by atoms with E-state index in [1.54, 1.807) is 0 Å². The minimum absolute atomic E-state index is 0.155. The number of nitrogens with two attached hydrogens (primary N) is 2. The number of carboxylic acids is 2. The molecule has 0 fully saturated rings. The van der Waals surface area contributed by atoms with Gasteiger partial charge in [-0.3, -0.25) is 24.0 Å². The van der Waals surface area contributed by atoms with Crippen LogP contribution in [0.3, 0.4) is 0 Å². The number of hydrogen-bond acceptors (Lipinski definition) is 8. The maximum atomic E-state index is 12.9. The molecule has 1 aromatic heterocycles. The zero-order valence-electron chi connectivity index (χ0n) is 18.1. The highest BCUT2D eigenvalue weighted by Gasteiger charge is 2.28. The first-order valence-corrected chi connectivity index (χ1v) is 10.4. The Morgan fingerprint density at radius 1 is 0.970 bits per heavy atom. The number of nitrogens with zero attached hydrogens (tertiary/aromatic N) is 1. The number of unbranched alkanes of at least 4 members (excludes halogenated alkanes) is 1. The van der Waals surface area contributed by atoms with Gasteiger partial charge in [0.1, 0.15) is 18.6 Å². The molecule has 0 radical (unpaired) electrons. The Morgan fingerprint density at radius 2 is 1.64 bits per heavy atom. The highest BCUT2D eigenvalue weighted by molar-refractivity contribution is 5.93. The number of carboxylic acid groups (broad SMARTS) is 2. The third-order valence-corrected chi connectivity index (χ3v) is 4.61. The lowest BCUT2D eigenvalue weighted by atomic mass is 10.0. The van der Waals surface area contributed by atoms with Gasteiger partial charge >= 0.3 is 11.9 Å². The number of rotatable bonds is 16. The summed E-state index contributed by atoms with van der Waals surface area (Å²) < 4.78 is 0. The van der Waals surface area contributed by atoms with Gasteiger partial charge in [-0.1, -0.05) is 0 Å². The molecular weight excluding hydrogens is 438 g/mol. The van der Waals surface area contributed by atoms with Crippen LogP contribution in [0.2, 0.25) is 0 Å². The highest BCUT2D eigenvalue weighted by atomic mass is 16.4. The molecule has 1 aromatic rings. The van der Waals surface area contributed by atoms with E-state index in [0.717, 1.165) is 0 Å². The smallest absolute Gasteiger partial charge is 0.322 e. The molecule has 1 rings (SSSR count). The van der Waals surface area contributed by atoms with E-state index < -0.39 is 60.8 Å². The van der Waals surface area contributed by atoms with Crippen molar-refractivity contribution < 1.29 is 34.2 Å². The van der Waals surface area contributed by atoms with Crippen LogP contribution in [0.5, 0.6) is 0 Å². The number of carbonyl (C=O) groups is 5. The molecule has 0 aromatic carbocycles. The lowest BCUT2D eigenvalue weighted by Crippen LogP contribution is -2.56. The van der Waals surface area contributed by atoms with Crippen molar-refractivity contribution in [2.24, 2.45) is 11.5 Å². The second-order valence-electron chi connectivity index (χ2n) is 7.34. The van der Waals surface area contributed by atoms with Crippen molar-refractivity contribution in [2.75, 3.05) is 13.1 Å². The predicted molar refractivity (Wildman–Crippen MR) is 115 cm³/mol. The standard InChI is InChI=1S/C19H31N7O7/c20-6-2-1-3-13(25-17(31)12(21)7-11-8-22-10-24-11)19(33)26-14(4-5-15(27)28)18(32)23-9-16(29)30/h8,10,12-14H,1-7,9,20-21H2,(H,22,24)(H,23,32)(H,25,31)(H,26,33)(H,27,28)(H,29,30). The molecule has 0 saturated carbocycles. The summed E-state index contributed by atoms with van der Waals surface area (Å²) in [6.45, 7) is -0.322. The summed E-state index contributed by atoms with van der Waals surface area (Å²) in [6.07, 6.45) is 3.68. The van der Waals surface area contributed by atoms with Crippen molar-refractivity contribution in [1.29, 1.82) is 0 Å². The number of H-pyrrole nitrogens is 1. The van der Waals surface area contributed by atoms with Crippen LogP contribution in [0, 0.1) is 0 Å². The number of nitrogens with one attached hydrogen (secondary N) is 4. The van der Waals surface area contributed by atoms with E-state index in [9.17, 15) is 24.0 Å². The zero-order chi connectivity index (χ0) is 24.8. The van der Waals surface area contributed by atoms with Gasteiger partial charge < -0.3 is 42.6 Å². The summed E-state index contributed by atoms with van der Waals surface area (Å²) in [4.78, 5) is 65.9. The first-order chi connectivity index (χ1) is 15.6. The monoisotopic (exact) mass is 469 g/mol. The molecule has 0 aliphatic rings. The van der Waals surface area contributed by atoms with Crippen molar-refractivity contribution in [3.05, 3.63) is 18.2 Å². The topological polar surface area (TPSA) is 243 Å². The molecule has 14 heteroatoms. The number of carbonyl (C=O) groups excluding carboxylic acids is 3. The van der Waals surface area contributed by atoms with Gasteiger partial charge in [0.15, 0.2) is 0 Å². The zero-order valence-corrected chi connectivity index (χ0v) is 18.1. The van der Waals surface area contributed by atoms with Crippen LogP contribution >= 0.6 is 0 Å². The summed E-state index contributed by atoms with van der Waals surface area (Å²) >= 11 is 0. The Balaban J connectivity index is 2.86. The largest absolute Gasteiger partial charge is 0.481 e. The van der Waals surface area contributed by atoms with Crippen LogP contribution in [0.1, 0.15) is 37.8 Å². The molecule has 0 aliphatic heterocycles. The molecule has 3 amide bonds. The van der Waals surface area contributed by atoms with Crippen LogP contribution in [0.4, 0.5) is 0 Å². The fourth-order valence-electron chi connectivity index (χ4n) is 2.86. The minimum Gasteiger partial charge on any atom is -0.481 e. The summed E-state index contributed by atoms with van der Waals surface area (Å²) in [6, 6.07) is -3.34. The molecule has 10 N–H and O–H groups in total. The van der Waals surface area contributed by atoms with Gasteiger partial charge in [0.25, 0.3) is 0 Å². The number of imidazole rings is 1. The van der Waals surface area contributed by atoms with E-state index in [-0.39, 0.29) is 19.3 Å². The molecule has 184 valence electrons. The molecule has 0 aliphatic carbocycles. The summed E-state index contributed by atoms with van der Waals surface area (Å²) in [5.41, 5.74) is 12.0. The maximum absolute atomic E-state index is 12.9. The minimum atomic E-state index is -1.31. The summed E-state index contributed by atoms with van der Waals surface area (Å²) in [7, 11) is 0. The molecular formula is C19H31N7O7. The quantitative estimate of drug-likeness (QED) is 0.118. The maximum Gasteiger partial charge on any atom is 0.322 e. The van der Waals surface area contributed by atoms with E-state index >= 15 is 0 Å². The van der Waals surface area contributed by atoms with Crippen LogP contribution in [0.15, 0.2) is 12.5 Å². The fourth-order valence-corrected chi connectivity index (χ4v) is 2.86. The molecule has 3 atom stereocenters. The van der Waals surface area contributed by atoms with E-state index in [2.05, 4.69) is 25.9 Å². The molecule has 0 bridgehead atoms. The highest BCUT2D eigenvalue weighted by Crippen LogP contribution is 2.06. The van der Waals surface area contributed by atoms with E-state index in [0.29, 0.717) is 25.1 Å². The molecule has 1 heterocycles. The van der Waals surface area contributed by atoms with Gasteiger partial charge in [0.2, 0.25) is 17.7 Å². The van der Waals surface area contributed by atoms with Crippen LogP contribution in [-0.2, 0) is 30.4 Å². The summed E-state index contributed by atoms with van der Waals surface area (Å²) in [5.74, 6) is -4.68. The molecule has 0 saturated heterocycles. The van der Waals surface area contributed by atoms with Crippen molar-refractivity contribution in [3.8, 4) is 0 Å². The fraction of sp³-hybridized carbons (Fsp3) is 0.579. The number of amides is 3. The Bertz CT molecular complexity index is 800. The first-order valence-electron chi connectivity index (χ1n) is 10.4. The number of aliphatic carboxylic acids is 2. The Hall–Kier alpha value is -3.52. The average Bonchev–Trinajstić information content (AvgIpc) is 3.26. The first kappa shape index (κ1) is 27.5. The Labute approximate surface area is 189 Å². The third-order valence-electron chi connectivity index (χ3n) is 4.61. The van der Waals surface area contributed by atoms with Gasteiger partial charge in [0.05, 0.1) is 12.4 Å². The Kier molecular flexibility index (Phi) is 12.1. The molecule has 33 heavy (non-hydrogen) atoms. The average molecular weight is 469 g/mol.